The van der Waals surface area contributed by atoms with Crippen LogP contribution in [0.4, 0.5) is 10.6 Å². The monoisotopic (exact) mass is 448 g/mol. The van der Waals surface area contributed by atoms with Gasteiger partial charge in [0, 0.05) is 13.1 Å². The normalized spacial score (nSPS) is 21.6. The van der Waals surface area contributed by atoms with E-state index in [2.05, 4.69) is 52.6 Å². The van der Waals surface area contributed by atoms with Gasteiger partial charge in [-0.2, -0.15) is 0 Å². The number of hydrogen-bond acceptors (Lipinski definition) is 5. The molecule has 33 heavy (non-hydrogen) atoms. The van der Waals surface area contributed by atoms with E-state index in [0.29, 0.717) is 30.7 Å². The molecular formula is C26H32N4O3. The summed E-state index contributed by atoms with van der Waals surface area (Å²) in [5, 5.41) is 2.81. The summed E-state index contributed by atoms with van der Waals surface area (Å²) < 4.78 is 11.1. The lowest BCUT2D eigenvalue weighted by atomic mass is 9.91. The van der Waals surface area contributed by atoms with E-state index in [4.69, 9.17) is 9.47 Å². The number of nitrogens with zero attached hydrogens (tertiary/aromatic N) is 3. The van der Waals surface area contributed by atoms with Crippen LogP contribution in [-0.4, -0.2) is 47.7 Å². The van der Waals surface area contributed by atoms with Gasteiger partial charge in [-0.3, -0.25) is 5.32 Å². The number of likely N-dealkylation sites (tertiary alicyclic amines) is 1. The largest absolute Gasteiger partial charge is 0.493 e. The molecular weight excluding hydrogens is 416 g/mol. The van der Waals surface area contributed by atoms with Crippen LogP contribution in [-0.2, 0) is 0 Å². The van der Waals surface area contributed by atoms with Crippen molar-refractivity contribution in [2.75, 3.05) is 32.1 Å². The van der Waals surface area contributed by atoms with E-state index in [1.807, 2.05) is 17.0 Å². The van der Waals surface area contributed by atoms with Gasteiger partial charge in [-0.05, 0) is 55.2 Å². The van der Waals surface area contributed by atoms with Gasteiger partial charge in [0.1, 0.15) is 5.75 Å². The highest BCUT2D eigenvalue weighted by atomic mass is 16.5. The average molecular weight is 449 g/mol. The Bertz CT molecular complexity index is 1000. The first-order chi connectivity index (χ1) is 16.1. The molecule has 7 heteroatoms. The fourth-order valence-corrected chi connectivity index (χ4v) is 4.25. The summed E-state index contributed by atoms with van der Waals surface area (Å²) in [5.41, 5.74) is 2.49. The molecule has 1 fully saturated rings. The van der Waals surface area contributed by atoms with Crippen LogP contribution in [0.15, 0.2) is 54.4 Å². The Labute approximate surface area is 195 Å². The molecule has 2 amide bonds. The van der Waals surface area contributed by atoms with E-state index in [1.165, 1.54) is 31.5 Å². The zero-order chi connectivity index (χ0) is 23.0. The van der Waals surface area contributed by atoms with Crippen LogP contribution in [0, 0.1) is 11.8 Å². The Morgan fingerprint density at radius 1 is 1.27 bits per heavy atom. The van der Waals surface area contributed by atoms with Gasteiger partial charge in [0.05, 0.1) is 26.1 Å². The van der Waals surface area contributed by atoms with Crippen molar-refractivity contribution in [3.63, 3.8) is 0 Å². The minimum Gasteiger partial charge on any atom is -0.493 e. The second kappa shape index (κ2) is 11.0. The third-order valence-corrected chi connectivity index (χ3v) is 6.23. The first-order valence-electron chi connectivity index (χ1n) is 11.6. The Balaban J connectivity index is 1.31. The number of piperidine rings is 1. The number of rotatable bonds is 6. The van der Waals surface area contributed by atoms with Crippen LogP contribution < -0.4 is 14.8 Å². The maximum atomic E-state index is 12.7. The third kappa shape index (κ3) is 6.34. The van der Waals surface area contributed by atoms with Crippen molar-refractivity contribution >= 4 is 17.9 Å². The number of carbonyl (C=O) groups excluding carboxylic acids is 1. The smallest absolute Gasteiger partial charge is 0.323 e. The van der Waals surface area contributed by atoms with E-state index in [0.717, 1.165) is 37.2 Å². The van der Waals surface area contributed by atoms with Gasteiger partial charge in [0.2, 0.25) is 5.88 Å². The molecule has 1 aromatic heterocycles. The van der Waals surface area contributed by atoms with Crippen molar-refractivity contribution in [1.29, 1.82) is 0 Å². The molecule has 0 spiro atoms. The number of carbonyl (C=O) groups is 1. The second-order valence-electron chi connectivity index (χ2n) is 8.72. The molecule has 174 valence electrons. The Hall–Kier alpha value is -3.35. The lowest BCUT2D eigenvalue weighted by molar-refractivity contribution is 0.197. The van der Waals surface area contributed by atoms with Gasteiger partial charge in [-0.15, -0.1) is 0 Å². The molecule has 1 N–H and O–H groups in total. The number of nitrogens with one attached hydrogen (secondary N) is 1. The molecule has 2 aliphatic rings. The topological polar surface area (TPSA) is 76.6 Å². The summed E-state index contributed by atoms with van der Waals surface area (Å²) in [6.07, 6.45) is 14.0. The maximum absolute atomic E-state index is 12.7. The van der Waals surface area contributed by atoms with E-state index >= 15 is 0 Å². The van der Waals surface area contributed by atoms with E-state index < -0.39 is 0 Å². The number of anilines is 1. The molecule has 0 radical (unpaired) electrons. The number of hydrogen-bond donors (Lipinski definition) is 1. The predicted molar refractivity (Wildman–Crippen MR) is 129 cm³/mol. The van der Waals surface area contributed by atoms with Gasteiger partial charge in [-0.25, -0.2) is 14.8 Å². The summed E-state index contributed by atoms with van der Waals surface area (Å²) in [5.74, 6) is 2.62. The lowest BCUT2D eigenvalue weighted by Gasteiger charge is -2.33. The molecule has 0 saturated carbocycles. The van der Waals surface area contributed by atoms with Gasteiger partial charge >= 0.3 is 6.03 Å². The third-order valence-electron chi connectivity index (χ3n) is 6.23. The van der Waals surface area contributed by atoms with Crippen molar-refractivity contribution in [3.8, 4) is 11.6 Å². The summed E-state index contributed by atoms with van der Waals surface area (Å²) in [7, 11) is 1.53. The molecule has 1 aromatic carbocycles. The summed E-state index contributed by atoms with van der Waals surface area (Å²) in [4.78, 5) is 22.7. The minimum absolute atomic E-state index is 0.159. The van der Waals surface area contributed by atoms with Crippen LogP contribution in [0.5, 0.6) is 11.6 Å². The minimum atomic E-state index is -0.159. The molecule has 4 rings (SSSR count). The number of amides is 2. The molecule has 2 atom stereocenters. The molecule has 1 aliphatic carbocycles. The van der Waals surface area contributed by atoms with Crippen molar-refractivity contribution in [1.82, 2.24) is 14.9 Å². The summed E-state index contributed by atoms with van der Waals surface area (Å²) in [6.45, 7) is 4.25. The van der Waals surface area contributed by atoms with Crippen molar-refractivity contribution < 1.29 is 14.3 Å². The Morgan fingerprint density at radius 3 is 2.91 bits per heavy atom. The van der Waals surface area contributed by atoms with Gasteiger partial charge in [0.15, 0.2) is 5.82 Å². The number of allylic oxidation sites excluding steroid dienone is 2. The Morgan fingerprint density at radius 2 is 2.18 bits per heavy atom. The predicted octanol–water partition coefficient (Wildman–Crippen LogP) is 5.18. The zero-order valence-electron chi connectivity index (χ0n) is 19.4. The molecule has 0 bridgehead atoms. The highest BCUT2D eigenvalue weighted by Gasteiger charge is 2.24. The molecule has 2 unspecified atom stereocenters. The molecule has 2 aromatic rings. The van der Waals surface area contributed by atoms with E-state index in [1.54, 1.807) is 0 Å². The second-order valence-corrected chi connectivity index (χ2v) is 8.72. The van der Waals surface area contributed by atoms with Gasteiger partial charge in [0.25, 0.3) is 0 Å². The van der Waals surface area contributed by atoms with E-state index in [-0.39, 0.29) is 11.9 Å². The first-order valence-corrected chi connectivity index (χ1v) is 11.6. The molecule has 7 nitrogen and oxygen atoms in total. The quantitative estimate of drug-likeness (QED) is 0.617. The number of aromatic nitrogens is 2. The standard InChI is InChI=1S/C26H32N4O3/c1-19-17-30(26(31)29-24-15-28-25(32-2)16-27-24)12-11-22(19)13-21-9-6-10-23(14-21)33-18-20-7-4-3-5-8-20/h3-4,6,9-10,13-16,19-20H,5,7-8,11-12,17-18H2,1-2H3,(H,27,29,31)/b22-13+. The fraction of sp³-hybridized carbons (Fsp3) is 0.423. The number of methoxy groups -OCH3 is 1. The number of urea groups is 1. The van der Waals surface area contributed by atoms with Crippen LogP contribution in [0.2, 0.25) is 0 Å². The van der Waals surface area contributed by atoms with Crippen molar-refractivity contribution in [2.45, 2.75) is 32.6 Å². The fourth-order valence-electron chi connectivity index (χ4n) is 4.25. The Kier molecular flexibility index (Phi) is 7.60. The van der Waals surface area contributed by atoms with Crippen LogP contribution in [0.25, 0.3) is 6.08 Å². The lowest BCUT2D eigenvalue weighted by Crippen LogP contribution is -2.42. The summed E-state index contributed by atoms with van der Waals surface area (Å²) in [6, 6.07) is 8.13. The molecule has 2 heterocycles. The number of benzene rings is 1. The molecule has 1 aliphatic heterocycles. The zero-order valence-corrected chi connectivity index (χ0v) is 19.4. The number of ether oxygens (including phenoxy) is 2. The van der Waals surface area contributed by atoms with Crippen molar-refractivity contribution in [2.24, 2.45) is 11.8 Å². The highest BCUT2D eigenvalue weighted by Crippen LogP contribution is 2.27. The van der Waals surface area contributed by atoms with Crippen molar-refractivity contribution in [3.05, 3.63) is 59.9 Å². The highest BCUT2D eigenvalue weighted by molar-refractivity contribution is 5.88. The average Bonchev–Trinajstić information content (AvgIpc) is 2.85. The van der Waals surface area contributed by atoms with Gasteiger partial charge in [-0.1, -0.05) is 42.9 Å². The summed E-state index contributed by atoms with van der Waals surface area (Å²) >= 11 is 0. The molecule has 1 saturated heterocycles. The van der Waals surface area contributed by atoms with Crippen LogP contribution in [0.3, 0.4) is 0 Å². The maximum Gasteiger partial charge on any atom is 0.323 e. The van der Waals surface area contributed by atoms with Crippen LogP contribution in [0.1, 0.15) is 38.2 Å². The van der Waals surface area contributed by atoms with E-state index in [9.17, 15) is 4.79 Å². The van der Waals surface area contributed by atoms with Gasteiger partial charge < -0.3 is 14.4 Å². The first kappa shape index (κ1) is 22.8. The van der Waals surface area contributed by atoms with Crippen LogP contribution >= 0.6 is 0 Å². The SMILES string of the molecule is COc1cnc(NC(=O)N2CC/C(=C\c3cccc(OCC4CC=CCC4)c3)C(C)C2)cn1.